The third-order valence-corrected chi connectivity index (χ3v) is 4.97. The van der Waals surface area contributed by atoms with Gasteiger partial charge >= 0.3 is 0 Å². The standard InChI is InChI=1S/C19H25N3O2/c1-21(13-16-6-4-5-15(11-16)12-20)14-19(23)22-9-10-24-18-8-3-2-7-17(18)22/h4-6,11,17-18H,2-3,7-10,13-14H2,1H3/t17-,18-/m1/s1. The summed E-state index contributed by atoms with van der Waals surface area (Å²) in [5.41, 5.74) is 1.72. The van der Waals surface area contributed by atoms with Crippen molar-refractivity contribution in [2.75, 3.05) is 26.7 Å². The molecule has 1 saturated carbocycles. The summed E-state index contributed by atoms with van der Waals surface area (Å²) >= 11 is 0. The molecular formula is C19H25N3O2. The van der Waals surface area contributed by atoms with E-state index in [9.17, 15) is 4.79 Å². The number of likely N-dealkylation sites (N-methyl/N-ethyl adjacent to an activating group) is 1. The third-order valence-electron chi connectivity index (χ3n) is 4.97. The van der Waals surface area contributed by atoms with Gasteiger partial charge in [-0.1, -0.05) is 25.0 Å². The number of hydrogen-bond donors (Lipinski definition) is 0. The Kier molecular flexibility index (Phi) is 5.49. The number of ether oxygens (including phenoxy) is 1. The second kappa shape index (κ2) is 7.78. The molecule has 5 heteroatoms. The van der Waals surface area contributed by atoms with E-state index in [0.29, 0.717) is 31.8 Å². The Morgan fingerprint density at radius 2 is 2.25 bits per heavy atom. The van der Waals surface area contributed by atoms with E-state index in [1.54, 1.807) is 6.07 Å². The molecule has 0 aromatic heterocycles. The molecule has 1 amide bonds. The Hall–Kier alpha value is -1.90. The van der Waals surface area contributed by atoms with Crippen LogP contribution in [-0.4, -0.2) is 54.6 Å². The maximum absolute atomic E-state index is 12.8. The highest BCUT2D eigenvalue weighted by Gasteiger charge is 2.36. The van der Waals surface area contributed by atoms with Crippen molar-refractivity contribution in [1.29, 1.82) is 5.26 Å². The van der Waals surface area contributed by atoms with Crippen LogP contribution in [-0.2, 0) is 16.1 Å². The van der Waals surface area contributed by atoms with Gasteiger partial charge in [0.15, 0.2) is 0 Å². The van der Waals surface area contributed by atoms with E-state index < -0.39 is 0 Å². The first-order valence-electron chi connectivity index (χ1n) is 8.76. The minimum absolute atomic E-state index is 0.189. The van der Waals surface area contributed by atoms with Gasteiger partial charge in [-0.25, -0.2) is 0 Å². The molecule has 1 aliphatic carbocycles. The van der Waals surface area contributed by atoms with Gasteiger partial charge in [-0.3, -0.25) is 9.69 Å². The number of carbonyl (C=O) groups excluding carboxylic acids is 1. The summed E-state index contributed by atoms with van der Waals surface area (Å²) in [5, 5.41) is 8.99. The number of hydrogen-bond acceptors (Lipinski definition) is 4. The van der Waals surface area contributed by atoms with Gasteiger partial charge in [-0.15, -0.1) is 0 Å². The Balaban J connectivity index is 1.58. The Labute approximate surface area is 143 Å². The van der Waals surface area contributed by atoms with Crippen LogP contribution in [0.4, 0.5) is 0 Å². The normalized spacial score (nSPS) is 23.6. The molecule has 1 aromatic carbocycles. The van der Waals surface area contributed by atoms with Crippen LogP contribution in [0.15, 0.2) is 24.3 Å². The molecule has 5 nitrogen and oxygen atoms in total. The van der Waals surface area contributed by atoms with Crippen LogP contribution >= 0.6 is 0 Å². The van der Waals surface area contributed by atoms with Gasteiger partial charge in [-0.05, 0) is 37.6 Å². The van der Waals surface area contributed by atoms with E-state index in [0.717, 1.165) is 18.4 Å². The second-order valence-electron chi connectivity index (χ2n) is 6.83. The fourth-order valence-corrected chi connectivity index (χ4v) is 3.83. The Morgan fingerprint density at radius 1 is 1.42 bits per heavy atom. The number of carbonyl (C=O) groups is 1. The van der Waals surface area contributed by atoms with Gasteiger partial charge in [0.1, 0.15) is 0 Å². The zero-order valence-electron chi connectivity index (χ0n) is 14.3. The van der Waals surface area contributed by atoms with E-state index in [2.05, 4.69) is 6.07 Å². The predicted molar refractivity (Wildman–Crippen MR) is 91.2 cm³/mol. The number of benzene rings is 1. The van der Waals surface area contributed by atoms with Gasteiger partial charge in [0.05, 0.1) is 36.9 Å². The topological polar surface area (TPSA) is 56.6 Å². The van der Waals surface area contributed by atoms with Crippen molar-refractivity contribution < 1.29 is 9.53 Å². The molecule has 1 aliphatic heterocycles. The van der Waals surface area contributed by atoms with Crippen LogP contribution in [0.25, 0.3) is 0 Å². The molecule has 128 valence electrons. The lowest BCUT2D eigenvalue weighted by atomic mass is 9.90. The second-order valence-corrected chi connectivity index (χ2v) is 6.83. The average Bonchev–Trinajstić information content (AvgIpc) is 2.61. The summed E-state index contributed by atoms with van der Waals surface area (Å²) in [6.07, 6.45) is 4.76. The lowest BCUT2D eigenvalue weighted by Gasteiger charge is -2.44. The molecule has 3 rings (SSSR count). The van der Waals surface area contributed by atoms with Crippen molar-refractivity contribution in [3.8, 4) is 6.07 Å². The summed E-state index contributed by atoms with van der Waals surface area (Å²) < 4.78 is 5.85. The van der Waals surface area contributed by atoms with Crippen LogP contribution in [0.5, 0.6) is 0 Å². The van der Waals surface area contributed by atoms with Crippen LogP contribution < -0.4 is 0 Å². The molecule has 0 N–H and O–H groups in total. The van der Waals surface area contributed by atoms with Crippen LogP contribution in [0.3, 0.4) is 0 Å². The fraction of sp³-hybridized carbons (Fsp3) is 0.579. The molecular weight excluding hydrogens is 302 g/mol. The minimum Gasteiger partial charge on any atom is -0.374 e. The number of nitriles is 1. The molecule has 2 atom stereocenters. The first kappa shape index (κ1) is 16.9. The minimum atomic E-state index is 0.189. The summed E-state index contributed by atoms with van der Waals surface area (Å²) in [6.45, 7) is 2.43. The highest BCUT2D eigenvalue weighted by Crippen LogP contribution is 2.28. The number of fused-ring (bicyclic) bond motifs is 1. The van der Waals surface area contributed by atoms with E-state index in [-0.39, 0.29) is 18.1 Å². The molecule has 0 unspecified atom stereocenters. The Morgan fingerprint density at radius 3 is 3.08 bits per heavy atom. The van der Waals surface area contributed by atoms with Gasteiger partial charge in [0.25, 0.3) is 0 Å². The smallest absolute Gasteiger partial charge is 0.237 e. The van der Waals surface area contributed by atoms with Gasteiger partial charge < -0.3 is 9.64 Å². The van der Waals surface area contributed by atoms with Crippen molar-refractivity contribution in [2.45, 2.75) is 44.4 Å². The van der Waals surface area contributed by atoms with Gasteiger partial charge in [-0.2, -0.15) is 5.26 Å². The first-order valence-corrected chi connectivity index (χ1v) is 8.76. The Bertz CT molecular complexity index is 623. The van der Waals surface area contributed by atoms with E-state index >= 15 is 0 Å². The number of rotatable bonds is 4. The van der Waals surface area contributed by atoms with Crippen molar-refractivity contribution in [3.63, 3.8) is 0 Å². The van der Waals surface area contributed by atoms with E-state index in [4.69, 9.17) is 10.00 Å². The third kappa shape index (κ3) is 3.95. The molecule has 2 fully saturated rings. The largest absolute Gasteiger partial charge is 0.374 e. The zero-order valence-corrected chi connectivity index (χ0v) is 14.3. The number of nitrogens with zero attached hydrogens (tertiary/aromatic N) is 3. The van der Waals surface area contributed by atoms with Crippen LogP contribution in [0, 0.1) is 11.3 Å². The molecule has 0 bridgehead atoms. The molecule has 2 aliphatic rings. The van der Waals surface area contributed by atoms with Crippen molar-refractivity contribution >= 4 is 5.91 Å². The fourth-order valence-electron chi connectivity index (χ4n) is 3.83. The summed E-state index contributed by atoms with van der Waals surface area (Å²) in [4.78, 5) is 16.8. The zero-order chi connectivity index (χ0) is 16.9. The van der Waals surface area contributed by atoms with E-state index in [1.807, 2.05) is 35.0 Å². The lowest BCUT2D eigenvalue weighted by molar-refractivity contribution is -0.150. The molecule has 0 spiro atoms. The molecule has 1 saturated heterocycles. The van der Waals surface area contributed by atoms with Crippen molar-refractivity contribution in [1.82, 2.24) is 9.80 Å². The quantitative estimate of drug-likeness (QED) is 0.850. The molecule has 1 heterocycles. The first-order chi connectivity index (χ1) is 11.7. The van der Waals surface area contributed by atoms with Crippen molar-refractivity contribution in [2.24, 2.45) is 0 Å². The molecule has 0 radical (unpaired) electrons. The number of morpholine rings is 1. The van der Waals surface area contributed by atoms with Crippen LogP contribution in [0.1, 0.15) is 36.8 Å². The average molecular weight is 327 g/mol. The van der Waals surface area contributed by atoms with Crippen molar-refractivity contribution in [3.05, 3.63) is 35.4 Å². The SMILES string of the molecule is CN(CC(=O)N1CCO[C@@H]2CCCC[C@H]21)Cc1cccc(C#N)c1. The monoisotopic (exact) mass is 327 g/mol. The lowest BCUT2D eigenvalue weighted by Crippen LogP contribution is -2.56. The number of amides is 1. The summed E-state index contributed by atoms with van der Waals surface area (Å²) in [7, 11) is 1.95. The van der Waals surface area contributed by atoms with E-state index in [1.165, 1.54) is 12.8 Å². The van der Waals surface area contributed by atoms with Gasteiger partial charge in [0.2, 0.25) is 5.91 Å². The van der Waals surface area contributed by atoms with Gasteiger partial charge in [0, 0.05) is 13.1 Å². The molecule has 1 aromatic rings. The van der Waals surface area contributed by atoms with Crippen LogP contribution in [0.2, 0.25) is 0 Å². The summed E-state index contributed by atoms with van der Waals surface area (Å²) in [6, 6.07) is 9.98. The predicted octanol–water partition coefficient (Wildman–Crippen LogP) is 2.16. The summed E-state index contributed by atoms with van der Waals surface area (Å²) in [5.74, 6) is 0.189. The highest BCUT2D eigenvalue weighted by molar-refractivity contribution is 5.78. The molecule has 24 heavy (non-hydrogen) atoms. The maximum atomic E-state index is 12.8. The highest BCUT2D eigenvalue weighted by atomic mass is 16.5. The maximum Gasteiger partial charge on any atom is 0.237 e.